The third kappa shape index (κ3) is 44.8. The Kier molecular flexibility index (Phi) is 46.4. The van der Waals surface area contributed by atoms with Crippen molar-refractivity contribution in [3.05, 3.63) is 72.9 Å². The number of carbonyl (C=O) groups excluding carboxylic acids is 1. The number of aliphatic hydroxyl groups is 2. The molecular weight excluding hydrogens is 699 g/mol. The molecule has 0 aliphatic heterocycles. The second kappa shape index (κ2) is 48.2. The molecule has 0 aromatic carbocycles. The van der Waals surface area contributed by atoms with Gasteiger partial charge in [-0.05, 0) is 57.8 Å². The van der Waals surface area contributed by atoms with Crippen LogP contribution in [-0.4, -0.2) is 34.9 Å². The van der Waals surface area contributed by atoms with Crippen molar-refractivity contribution in [2.45, 2.75) is 251 Å². The van der Waals surface area contributed by atoms with Crippen molar-refractivity contribution >= 4 is 5.91 Å². The summed E-state index contributed by atoms with van der Waals surface area (Å²) in [6.45, 7) is 4.06. The number of carbonyl (C=O) groups is 1. The summed E-state index contributed by atoms with van der Waals surface area (Å²) in [4.78, 5) is 12.2. The number of hydrogen-bond acceptors (Lipinski definition) is 3. The first-order valence-corrected chi connectivity index (χ1v) is 24.7. The van der Waals surface area contributed by atoms with Crippen LogP contribution in [-0.2, 0) is 4.79 Å². The molecule has 0 fully saturated rings. The molecule has 4 heteroatoms. The first-order valence-electron chi connectivity index (χ1n) is 24.7. The number of aliphatic hydroxyl groups excluding tert-OH is 2. The zero-order chi connectivity index (χ0) is 41.4. The lowest BCUT2D eigenvalue weighted by Gasteiger charge is -2.19. The molecule has 0 bridgehead atoms. The number of amides is 1. The van der Waals surface area contributed by atoms with Crippen LogP contribution in [0.2, 0.25) is 0 Å². The molecule has 2 unspecified atom stereocenters. The molecule has 330 valence electrons. The average Bonchev–Trinajstić information content (AvgIpc) is 3.22. The highest BCUT2D eigenvalue weighted by Crippen LogP contribution is 2.16. The van der Waals surface area contributed by atoms with E-state index in [4.69, 9.17) is 0 Å². The van der Waals surface area contributed by atoms with Gasteiger partial charge in [0.05, 0.1) is 18.8 Å². The van der Waals surface area contributed by atoms with Crippen molar-refractivity contribution in [1.29, 1.82) is 0 Å². The average molecular weight is 794 g/mol. The molecule has 0 aromatic heterocycles. The Morgan fingerprint density at radius 1 is 0.439 bits per heavy atom. The highest BCUT2D eigenvalue weighted by molar-refractivity contribution is 5.76. The zero-order valence-corrected chi connectivity index (χ0v) is 37.8. The summed E-state index contributed by atoms with van der Waals surface area (Å²) < 4.78 is 0. The third-order valence-electron chi connectivity index (χ3n) is 10.9. The second-order valence-electron chi connectivity index (χ2n) is 16.5. The number of nitrogens with one attached hydrogen (secondary N) is 1. The van der Waals surface area contributed by atoms with Gasteiger partial charge in [0.15, 0.2) is 0 Å². The van der Waals surface area contributed by atoms with Crippen molar-refractivity contribution < 1.29 is 15.0 Å². The molecule has 0 saturated carbocycles. The molecule has 0 spiro atoms. The van der Waals surface area contributed by atoms with Crippen LogP contribution >= 0.6 is 0 Å². The van der Waals surface area contributed by atoms with Gasteiger partial charge in [-0.15, -0.1) is 0 Å². The van der Waals surface area contributed by atoms with E-state index in [-0.39, 0.29) is 12.5 Å². The molecule has 57 heavy (non-hydrogen) atoms. The van der Waals surface area contributed by atoms with Crippen LogP contribution in [0, 0.1) is 0 Å². The van der Waals surface area contributed by atoms with Crippen LogP contribution in [0.4, 0.5) is 0 Å². The standard InChI is InChI=1S/C53H95NO3/c1-3-5-7-9-10-11-12-13-14-15-16-17-18-19-20-21-22-23-24-25-26-27-28-29-30-31-32-33-34-35-36-37-38-39-40-41-42-43-44-45-47-49-53(57)54-51(50-55)52(56)48-46-8-6-4-2/h5,7,10-11,13-14,16-17,19-20,46,48,51-52,55-56H,3-4,6,8-9,12,15,18,21-45,47,49-50H2,1-2H3,(H,54,57)/b7-5-,11-10-,14-13-,17-16-,20-19-,48-46+. The van der Waals surface area contributed by atoms with Crippen molar-refractivity contribution in [1.82, 2.24) is 5.32 Å². The topological polar surface area (TPSA) is 69.6 Å². The molecule has 0 rings (SSSR count). The van der Waals surface area contributed by atoms with Gasteiger partial charge in [0.25, 0.3) is 0 Å². The molecule has 0 saturated heterocycles. The summed E-state index contributed by atoms with van der Waals surface area (Å²) in [6, 6.07) is -0.617. The van der Waals surface area contributed by atoms with Crippen molar-refractivity contribution in [2.24, 2.45) is 0 Å². The van der Waals surface area contributed by atoms with Crippen molar-refractivity contribution in [2.75, 3.05) is 6.61 Å². The van der Waals surface area contributed by atoms with Gasteiger partial charge in [0.2, 0.25) is 5.91 Å². The molecule has 1 amide bonds. The van der Waals surface area contributed by atoms with Gasteiger partial charge in [0.1, 0.15) is 0 Å². The van der Waals surface area contributed by atoms with E-state index in [0.29, 0.717) is 6.42 Å². The predicted molar refractivity (Wildman–Crippen MR) is 253 cm³/mol. The van der Waals surface area contributed by atoms with E-state index in [1.54, 1.807) is 6.08 Å². The molecule has 4 nitrogen and oxygen atoms in total. The quantitative estimate of drug-likeness (QED) is 0.0425. The van der Waals surface area contributed by atoms with Gasteiger partial charge in [-0.2, -0.15) is 0 Å². The van der Waals surface area contributed by atoms with Gasteiger partial charge >= 0.3 is 0 Å². The molecule has 0 aliphatic carbocycles. The van der Waals surface area contributed by atoms with Gasteiger partial charge in [-0.3, -0.25) is 4.79 Å². The number of hydrogen-bond donors (Lipinski definition) is 3. The molecule has 0 radical (unpaired) electrons. The normalized spacial score (nSPS) is 13.5. The van der Waals surface area contributed by atoms with Gasteiger partial charge in [0, 0.05) is 6.42 Å². The van der Waals surface area contributed by atoms with E-state index in [9.17, 15) is 15.0 Å². The summed E-state index contributed by atoms with van der Waals surface area (Å²) in [5.41, 5.74) is 0. The maximum atomic E-state index is 12.2. The van der Waals surface area contributed by atoms with Crippen LogP contribution in [0.5, 0.6) is 0 Å². The van der Waals surface area contributed by atoms with E-state index in [2.05, 4.69) is 79.9 Å². The Morgan fingerprint density at radius 2 is 0.772 bits per heavy atom. The summed E-state index contributed by atoms with van der Waals surface area (Å²) in [5.74, 6) is -0.0719. The molecule has 0 aromatic rings. The van der Waals surface area contributed by atoms with E-state index < -0.39 is 12.1 Å². The predicted octanol–water partition coefficient (Wildman–Crippen LogP) is 15.9. The largest absolute Gasteiger partial charge is 0.394 e. The maximum absolute atomic E-state index is 12.2. The molecule has 0 aliphatic rings. The Morgan fingerprint density at radius 3 is 1.14 bits per heavy atom. The SMILES string of the molecule is CC/C=C\C/C=C\C/C=C\C/C=C\C/C=C\CCCCCCCCCCCCCCCCCCCCCCCCCCCC(=O)NC(CO)C(O)/C=C/CCCC. The van der Waals surface area contributed by atoms with E-state index >= 15 is 0 Å². The fourth-order valence-corrected chi connectivity index (χ4v) is 7.19. The zero-order valence-electron chi connectivity index (χ0n) is 37.8. The molecule has 2 atom stereocenters. The van der Waals surface area contributed by atoms with Crippen LogP contribution in [0.15, 0.2) is 72.9 Å². The third-order valence-corrected chi connectivity index (χ3v) is 10.9. The monoisotopic (exact) mass is 794 g/mol. The minimum absolute atomic E-state index is 0.0719. The lowest BCUT2D eigenvalue weighted by atomic mass is 10.0. The lowest BCUT2D eigenvalue weighted by Crippen LogP contribution is -2.45. The summed E-state index contributed by atoms with van der Waals surface area (Å²) >= 11 is 0. The van der Waals surface area contributed by atoms with Crippen LogP contribution in [0.1, 0.15) is 239 Å². The maximum Gasteiger partial charge on any atom is 0.220 e. The number of unbranched alkanes of at least 4 members (excludes halogenated alkanes) is 27. The lowest BCUT2D eigenvalue weighted by molar-refractivity contribution is -0.123. The number of allylic oxidation sites excluding steroid dienone is 11. The first kappa shape index (κ1) is 54.8. The Hall–Kier alpha value is -2.17. The highest BCUT2D eigenvalue weighted by atomic mass is 16.3. The Labute approximate surface area is 355 Å². The Bertz CT molecular complexity index is 992. The van der Waals surface area contributed by atoms with Crippen LogP contribution in [0.3, 0.4) is 0 Å². The van der Waals surface area contributed by atoms with Crippen molar-refractivity contribution in [3.63, 3.8) is 0 Å². The first-order chi connectivity index (χ1) is 28.2. The van der Waals surface area contributed by atoms with Gasteiger partial charge in [-0.1, -0.05) is 247 Å². The van der Waals surface area contributed by atoms with Gasteiger partial charge in [-0.25, -0.2) is 0 Å². The molecular formula is C53H95NO3. The fraction of sp³-hybridized carbons (Fsp3) is 0.755. The summed E-state index contributed by atoms with van der Waals surface area (Å²) in [7, 11) is 0. The van der Waals surface area contributed by atoms with Crippen LogP contribution < -0.4 is 5.32 Å². The van der Waals surface area contributed by atoms with Crippen LogP contribution in [0.25, 0.3) is 0 Å². The van der Waals surface area contributed by atoms with Gasteiger partial charge < -0.3 is 15.5 Å². The minimum Gasteiger partial charge on any atom is -0.394 e. The smallest absolute Gasteiger partial charge is 0.220 e. The molecule has 3 N–H and O–H groups in total. The molecule has 0 heterocycles. The van der Waals surface area contributed by atoms with E-state index in [0.717, 1.165) is 64.2 Å². The second-order valence-corrected chi connectivity index (χ2v) is 16.5. The fourth-order valence-electron chi connectivity index (χ4n) is 7.19. The Balaban J connectivity index is 3.32. The summed E-state index contributed by atoms with van der Waals surface area (Å²) in [5, 5.41) is 22.5. The highest BCUT2D eigenvalue weighted by Gasteiger charge is 2.17. The van der Waals surface area contributed by atoms with Crippen molar-refractivity contribution in [3.8, 4) is 0 Å². The number of rotatable bonds is 44. The van der Waals surface area contributed by atoms with E-state index in [1.807, 2.05) is 6.08 Å². The summed E-state index contributed by atoms with van der Waals surface area (Å²) in [6.07, 6.45) is 69.7. The minimum atomic E-state index is -0.834. The van der Waals surface area contributed by atoms with E-state index in [1.165, 1.54) is 154 Å².